The number of hydrogen-bond acceptors (Lipinski definition) is 9. The van der Waals surface area contributed by atoms with E-state index in [4.69, 9.17) is 26.5 Å². The van der Waals surface area contributed by atoms with E-state index in [1.165, 1.54) is 9.80 Å². The molecule has 0 spiro atoms. The number of ether oxygens (including phenoxy) is 1. The van der Waals surface area contributed by atoms with E-state index in [1.54, 1.807) is 53.6 Å². The fourth-order valence-electron chi connectivity index (χ4n) is 10.3. The second kappa shape index (κ2) is 13.7. The molecule has 0 bridgehead atoms. The molecule has 5 aliphatic rings. The topological polar surface area (TPSA) is 159 Å². The van der Waals surface area contributed by atoms with Crippen molar-refractivity contribution in [2.75, 3.05) is 11.4 Å². The van der Waals surface area contributed by atoms with Gasteiger partial charge in [0.15, 0.2) is 0 Å². The second-order valence-electron chi connectivity index (χ2n) is 16.2. The number of halogens is 1. The van der Waals surface area contributed by atoms with Crippen LogP contribution < -0.4 is 9.64 Å². The van der Waals surface area contributed by atoms with Gasteiger partial charge >= 0.3 is 5.97 Å². The summed E-state index contributed by atoms with van der Waals surface area (Å²) in [6.45, 7) is 4.05. The minimum atomic E-state index is -1.28. The molecule has 2 N–H and O–H groups in total. The average molecular weight is 809 g/mol. The van der Waals surface area contributed by atoms with Crippen LogP contribution in [-0.2, 0) is 37.4 Å². The summed E-state index contributed by atoms with van der Waals surface area (Å²) in [7, 11) is 1.72. The van der Waals surface area contributed by atoms with Crippen molar-refractivity contribution in [2.45, 2.75) is 58.8 Å². The first-order valence-corrected chi connectivity index (χ1v) is 20.5. The molecule has 2 aliphatic carbocycles. The van der Waals surface area contributed by atoms with Crippen molar-refractivity contribution in [2.24, 2.45) is 42.1 Å². The number of benzene rings is 2. The Morgan fingerprint density at radius 1 is 1.04 bits per heavy atom. The van der Waals surface area contributed by atoms with E-state index in [-0.39, 0.29) is 48.8 Å². The number of aliphatic carboxylic acids is 1. The summed E-state index contributed by atoms with van der Waals surface area (Å²) in [6, 6.07) is 12.4. The van der Waals surface area contributed by atoms with Gasteiger partial charge in [-0.1, -0.05) is 29.7 Å². The molecule has 294 valence electrons. The first kappa shape index (κ1) is 37.3. The molecule has 1 saturated carbocycles. The fraction of sp³-hybridized carbons (Fsp3) is 0.395. The van der Waals surface area contributed by atoms with Crippen LogP contribution in [0.5, 0.6) is 11.5 Å². The number of carbonyl (C=O) groups excluding carboxylic acids is 4. The van der Waals surface area contributed by atoms with E-state index < -0.39 is 41.0 Å². The monoisotopic (exact) mass is 808 g/mol. The number of carbonyl (C=O) groups is 5. The SMILES string of the molecule is Cc1c(-c2cc(N3C(=O)C4CC5C(=CCC6C(=O)N(CCCCCC(=O)O)C(=O)C65)C(C5=COc6ccc(O)cc6C5)C4(C)C3=O)n(C)n2)sc2ccc(Cl)cc12. The molecular formula is C43H41ClN4O8S. The summed E-state index contributed by atoms with van der Waals surface area (Å²) in [6.07, 6.45) is 6.07. The molecule has 5 heterocycles. The number of carboxylic acid groups (broad SMARTS) is 1. The third-order valence-corrected chi connectivity index (χ3v) is 14.5. The van der Waals surface area contributed by atoms with Crippen molar-refractivity contribution < 1.29 is 38.9 Å². The number of amides is 4. The van der Waals surface area contributed by atoms with Gasteiger partial charge in [-0.25, -0.2) is 4.90 Å². The molecule has 3 aliphatic heterocycles. The molecule has 2 saturated heterocycles. The predicted molar refractivity (Wildman–Crippen MR) is 212 cm³/mol. The zero-order valence-electron chi connectivity index (χ0n) is 31.7. The summed E-state index contributed by atoms with van der Waals surface area (Å²) >= 11 is 7.89. The molecule has 0 radical (unpaired) electrons. The number of unbranched alkanes of at least 4 members (excludes halogenated alkanes) is 2. The molecule has 2 aromatic heterocycles. The van der Waals surface area contributed by atoms with Crippen molar-refractivity contribution in [3.63, 3.8) is 0 Å². The van der Waals surface area contributed by atoms with Gasteiger partial charge in [0, 0.05) is 53.7 Å². The van der Waals surface area contributed by atoms with Crippen LogP contribution in [0.2, 0.25) is 5.02 Å². The van der Waals surface area contributed by atoms with Crippen LogP contribution in [0.15, 0.2) is 65.9 Å². The molecule has 57 heavy (non-hydrogen) atoms. The lowest BCUT2D eigenvalue weighted by atomic mass is 9.51. The number of fused-ring (bicyclic) bond motifs is 6. The first-order valence-electron chi connectivity index (χ1n) is 19.3. The van der Waals surface area contributed by atoms with Gasteiger partial charge in [0.1, 0.15) is 23.0 Å². The largest absolute Gasteiger partial charge is 0.508 e. The minimum absolute atomic E-state index is 0.0254. The van der Waals surface area contributed by atoms with Gasteiger partial charge in [-0.05, 0) is 98.4 Å². The van der Waals surface area contributed by atoms with E-state index in [1.807, 2.05) is 38.1 Å². The van der Waals surface area contributed by atoms with Crippen molar-refractivity contribution in [1.82, 2.24) is 14.7 Å². The van der Waals surface area contributed by atoms with Crippen LogP contribution >= 0.6 is 22.9 Å². The zero-order valence-corrected chi connectivity index (χ0v) is 33.2. The molecule has 3 fully saturated rings. The summed E-state index contributed by atoms with van der Waals surface area (Å²) in [5, 5.41) is 25.9. The average Bonchev–Trinajstić information content (AvgIpc) is 3.84. The summed E-state index contributed by atoms with van der Waals surface area (Å²) in [4.78, 5) is 72.8. The zero-order chi connectivity index (χ0) is 40.1. The Balaban J connectivity index is 1.09. The van der Waals surface area contributed by atoms with Gasteiger partial charge in [0.25, 0.3) is 0 Å². The number of aromatic hydroxyl groups is 1. The maximum Gasteiger partial charge on any atom is 0.303 e. The lowest BCUT2D eigenvalue weighted by molar-refractivity contribution is -0.141. The number of carboxylic acids is 1. The quantitative estimate of drug-likeness (QED) is 0.101. The Labute approximate surface area is 337 Å². The third kappa shape index (κ3) is 5.75. The summed E-state index contributed by atoms with van der Waals surface area (Å²) < 4.78 is 8.73. The van der Waals surface area contributed by atoms with E-state index in [2.05, 4.69) is 0 Å². The number of nitrogens with zero attached hydrogens (tertiary/aromatic N) is 4. The number of likely N-dealkylation sites (tertiary alicyclic amines) is 1. The van der Waals surface area contributed by atoms with E-state index in [9.17, 15) is 24.3 Å². The van der Waals surface area contributed by atoms with Crippen LogP contribution in [0.3, 0.4) is 0 Å². The van der Waals surface area contributed by atoms with Crippen LogP contribution in [-0.4, -0.2) is 61.0 Å². The second-order valence-corrected chi connectivity index (χ2v) is 17.7. The van der Waals surface area contributed by atoms with Crippen molar-refractivity contribution in [3.05, 3.63) is 82.1 Å². The van der Waals surface area contributed by atoms with Crippen LogP contribution in [0.4, 0.5) is 5.82 Å². The number of anilines is 1. The van der Waals surface area contributed by atoms with Gasteiger partial charge < -0.3 is 14.9 Å². The van der Waals surface area contributed by atoms with Gasteiger partial charge in [0.05, 0.1) is 34.3 Å². The highest BCUT2D eigenvalue weighted by molar-refractivity contribution is 7.22. The standard InChI is InChI=1S/C43H41ClN4O8S/c1-21-28-17-24(44)8-13-33(28)57-38(21)31-19-34(46(3)45-31)48-40(53)30-18-29-26(10-11-27-36(29)41(54)47(39(27)52)14-6-4-5-7-35(50)51)37(43(30,2)42(48)55)23-15-22-16-25(49)9-12-32(22)56-20-23/h8-10,12-13,16-17,19-20,27,29-30,36-37,49H,4-7,11,14-15,18H2,1-3H3,(H,50,51). The van der Waals surface area contributed by atoms with Crippen LogP contribution in [0.1, 0.15) is 56.6 Å². The van der Waals surface area contributed by atoms with Crippen molar-refractivity contribution in [1.29, 1.82) is 0 Å². The molecule has 9 rings (SSSR count). The number of thiophene rings is 1. The van der Waals surface area contributed by atoms with Gasteiger partial charge in [-0.3, -0.25) is 33.6 Å². The summed E-state index contributed by atoms with van der Waals surface area (Å²) in [5.74, 6) is -4.44. The Morgan fingerprint density at radius 2 is 1.84 bits per heavy atom. The van der Waals surface area contributed by atoms with E-state index in [0.29, 0.717) is 54.4 Å². The van der Waals surface area contributed by atoms with E-state index >= 15 is 4.79 Å². The highest BCUT2D eigenvalue weighted by Crippen LogP contribution is 2.63. The highest BCUT2D eigenvalue weighted by Gasteiger charge is 2.68. The molecule has 14 heteroatoms. The minimum Gasteiger partial charge on any atom is -0.508 e. The molecule has 2 aromatic carbocycles. The maximum absolute atomic E-state index is 15.2. The molecule has 12 nitrogen and oxygen atoms in total. The van der Waals surface area contributed by atoms with Crippen LogP contribution in [0.25, 0.3) is 20.7 Å². The first-order chi connectivity index (χ1) is 27.3. The number of aryl methyl sites for hydroxylation is 2. The Bertz CT molecular complexity index is 2500. The fourth-order valence-corrected chi connectivity index (χ4v) is 11.6. The number of allylic oxidation sites excluding steroid dienone is 3. The molecule has 6 atom stereocenters. The number of phenolic OH excluding ortho intramolecular Hbond substituents is 1. The lowest BCUT2D eigenvalue weighted by Gasteiger charge is -2.49. The Morgan fingerprint density at radius 3 is 2.63 bits per heavy atom. The smallest absolute Gasteiger partial charge is 0.303 e. The maximum atomic E-state index is 15.2. The summed E-state index contributed by atoms with van der Waals surface area (Å²) in [5.41, 5.74) is 2.67. The Hall–Kier alpha value is -5.27. The lowest BCUT2D eigenvalue weighted by Crippen LogP contribution is -2.51. The van der Waals surface area contributed by atoms with Crippen molar-refractivity contribution >= 4 is 68.4 Å². The van der Waals surface area contributed by atoms with Crippen molar-refractivity contribution in [3.8, 4) is 22.1 Å². The highest BCUT2D eigenvalue weighted by atomic mass is 35.5. The van der Waals surface area contributed by atoms with Gasteiger partial charge in [0.2, 0.25) is 23.6 Å². The van der Waals surface area contributed by atoms with Gasteiger partial charge in [-0.15, -0.1) is 11.3 Å². The molecule has 6 unspecified atom stereocenters. The Kier molecular flexibility index (Phi) is 8.96. The number of rotatable bonds is 9. The van der Waals surface area contributed by atoms with E-state index in [0.717, 1.165) is 37.2 Å². The number of imide groups is 2. The normalized spacial score (nSPS) is 26.6. The molecule has 4 amide bonds. The predicted octanol–water partition coefficient (Wildman–Crippen LogP) is 7.20. The third-order valence-electron chi connectivity index (χ3n) is 13.0. The molecule has 4 aromatic rings. The number of phenols is 1. The molecular weight excluding hydrogens is 768 g/mol. The number of aromatic nitrogens is 2. The number of hydrogen-bond donors (Lipinski definition) is 2. The van der Waals surface area contributed by atoms with Gasteiger partial charge in [-0.2, -0.15) is 5.10 Å². The van der Waals surface area contributed by atoms with Crippen LogP contribution in [0, 0.1) is 41.9 Å².